The first-order valence-corrected chi connectivity index (χ1v) is 4.27. The highest BCUT2D eigenvalue weighted by Crippen LogP contribution is 2.12. The number of nitrogens with one attached hydrogen (secondary N) is 2. The number of quaternary nitrogens is 1. The molecule has 0 fully saturated rings. The number of likely N-dealkylation sites (N-methyl/N-ethyl adjacent to an activating group) is 1. The molecule has 1 aliphatic rings. The Kier molecular flexibility index (Phi) is 3.22. The van der Waals surface area contributed by atoms with Gasteiger partial charge >= 0.3 is 0 Å². The predicted molar refractivity (Wildman–Crippen MR) is 54.1 cm³/mol. The van der Waals surface area contributed by atoms with E-state index >= 15 is 0 Å². The Morgan fingerprint density at radius 3 is 3.00 bits per heavy atom. The number of hydrogen-bond donors (Lipinski definition) is 1. The van der Waals surface area contributed by atoms with Crippen molar-refractivity contribution in [2.45, 2.75) is 12.5 Å². The Bertz CT molecular complexity index is 242. The number of hydrazone groups is 1. The summed E-state index contributed by atoms with van der Waals surface area (Å²) in [5, 5.41) is 6.28. The van der Waals surface area contributed by atoms with Crippen LogP contribution in [-0.2, 0) is 0 Å². The number of allylic oxidation sites excluding steroid dienone is 2. The molecular weight excluding hydrogens is 164 g/mol. The highest BCUT2D eigenvalue weighted by Gasteiger charge is 2.16. The van der Waals surface area contributed by atoms with Crippen LogP contribution in [0.2, 0.25) is 0 Å². The summed E-state index contributed by atoms with van der Waals surface area (Å²) in [6.07, 6.45) is 6.88. The van der Waals surface area contributed by atoms with Gasteiger partial charge in [0.25, 0.3) is 0 Å². The summed E-state index contributed by atoms with van der Waals surface area (Å²) in [4.78, 5) is 0. The second-order valence-electron chi connectivity index (χ2n) is 3.19. The van der Waals surface area contributed by atoms with E-state index in [-0.39, 0.29) is 6.04 Å². The fourth-order valence-corrected chi connectivity index (χ4v) is 1.30. The molecule has 0 radical (unpaired) electrons. The van der Waals surface area contributed by atoms with Crippen LogP contribution in [0.5, 0.6) is 0 Å². The first-order valence-electron chi connectivity index (χ1n) is 4.27. The maximum atomic E-state index is 7.51. The van der Waals surface area contributed by atoms with Crippen LogP contribution in [0.25, 0.3) is 5.84 Å². The topological polar surface area (TPSA) is 43.8 Å². The first-order chi connectivity index (χ1) is 6.15. The van der Waals surface area contributed by atoms with Crippen LogP contribution < -0.4 is 5.01 Å². The van der Waals surface area contributed by atoms with Crippen molar-refractivity contribution in [3.05, 3.63) is 29.8 Å². The van der Waals surface area contributed by atoms with Crippen LogP contribution in [-0.4, -0.2) is 31.9 Å². The molecule has 0 aromatic heterocycles. The van der Waals surface area contributed by atoms with Crippen molar-refractivity contribution in [1.82, 2.24) is 5.01 Å². The molecule has 1 rings (SSSR count). The summed E-state index contributed by atoms with van der Waals surface area (Å²) in [6, 6.07) is 0.248. The minimum atomic E-state index is 0.248. The average Bonchev–Trinajstić information content (AvgIpc) is 2.17. The summed E-state index contributed by atoms with van der Waals surface area (Å²) < 4.78 is 0. The molecule has 4 heteroatoms. The van der Waals surface area contributed by atoms with Gasteiger partial charge in [-0.2, -0.15) is 5.10 Å². The molecule has 0 bridgehead atoms. The molecule has 13 heavy (non-hydrogen) atoms. The van der Waals surface area contributed by atoms with Gasteiger partial charge in [0, 0.05) is 20.2 Å². The van der Waals surface area contributed by atoms with E-state index < -0.39 is 0 Å². The summed E-state index contributed by atoms with van der Waals surface area (Å²) in [7, 11) is 3.70. The molecule has 0 amide bonds. The molecule has 0 saturated carbocycles. The number of nitrogens with zero attached hydrogens (tertiary/aromatic N) is 2. The van der Waals surface area contributed by atoms with Gasteiger partial charge in [-0.05, 0) is 6.08 Å². The standard InChI is InChI=1S/C9H16N4/c1-11-13(3)9-6-4-5-8(7-9)12(2)10/h4-6,9-10,12H,1,7H2,2-3H3. The van der Waals surface area contributed by atoms with E-state index in [2.05, 4.69) is 17.9 Å². The Balaban J connectivity index is 2.64. The van der Waals surface area contributed by atoms with E-state index in [1.165, 1.54) is 0 Å². The molecule has 0 spiro atoms. The second kappa shape index (κ2) is 4.20. The van der Waals surface area contributed by atoms with Crippen molar-refractivity contribution in [2.24, 2.45) is 5.10 Å². The zero-order valence-corrected chi connectivity index (χ0v) is 8.12. The van der Waals surface area contributed by atoms with Gasteiger partial charge in [0.15, 0.2) is 0 Å². The fourth-order valence-electron chi connectivity index (χ4n) is 1.30. The van der Waals surface area contributed by atoms with Gasteiger partial charge in [-0.3, -0.25) is 5.01 Å². The van der Waals surface area contributed by atoms with Crippen LogP contribution in [0, 0.1) is 0 Å². The van der Waals surface area contributed by atoms with E-state index in [9.17, 15) is 0 Å². The van der Waals surface area contributed by atoms with E-state index in [4.69, 9.17) is 5.84 Å². The molecule has 2 atom stereocenters. The summed E-state index contributed by atoms with van der Waals surface area (Å²) in [5.41, 5.74) is 1.07. The van der Waals surface area contributed by atoms with Crippen molar-refractivity contribution in [3.8, 4) is 0 Å². The molecule has 0 heterocycles. The zero-order chi connectivity index (χ0) is 9.84. The van der Waals surface area contributed by atoms with E-state index in [0.29, 0.717) is 5.01 Å². The van der Waals surface area contributed by atoms with Crippen molar-refractivity contribution in [3.63, 3.8) is 0 Å². The Morgan fingerprint density at radius 1 is 1.77 bits per heavy atom. The van der Waals surface area contributed by atoms with Crippen molar-refractivity contribution in [1.29, 1.82) is 0 Å². The largest absolute Gasteiger partial charge is 0.465 e. The fraction of sp³-hybridized carbons (Fsp3) is 0.444. The van der Waals surface area contributed by atoms with Crippen molar-refractivity contribution < 1.29 is 5.01 Å². The average molecular weight is 180 g/mol. The summed E-state index contributed by atoms with van der Waals surface area (Å²) >= 11 is 0. The molecule has 0 saturated heterocycles. The van der Waals surface area contributed by atoms with Gasteiger partial charge in [0.05, 0.1) is 18.8 Å². The quantitative estimate of drug-likeness (QED) is 0.490. The second-order valence-corrected chi connectivity index (χ2v) is 3.19. The molecule has 2 N–H and O–H groups in total. The third-order valence-electron chi connectivity index (χ3n) is 2.24. The van der Waals surface area contributed by atoms with Crippen molar-refractivity contribution in [2.75, 3.05) is 14.1 Å². The minimum Gasteiger partial charge on any atom is -0.465 e. The first kappa shape index (κ1) is 9.95. The molecule has 1 aliphatic carbocycles. The van der Waals surface area contributed by atoms with E-state index in [1.54, 1.807) is 0 Å². The zero-order valence-electron chi connectivity index (χ0n) is 8.12. The Hall–Kier alpha value is -1.13. The van der Waals surface area contributed by atoms with E-state index in [0.717, 1.165) is 12.1 Å². The molecule has 2 unspecified atom stereocenters. The van der Waals surface area contributed by atoms with E-state index in [1.807, 2.05) is 31.3 Å². The SMILES string of the molecule is C=NN(C)C1C=CC=C([NH+](C)[NH-])C1. The lowest BCUT2D eigenvalue weighted by molar-refractivity contribution is -0.785. The highest BCUT2D eigenvalue weighted by molar-refractivity contribution is 5.23. The van der Waals surface area contributed by atoms with Gasteiger partial charge in [-0.25, -0.2) is 0 Å². The Morgan fingerprint density at radius 2 is 2.46 bits per heavy atom. The van der Waals surface area contributed by atoms with Crippen LogP contribution in [0.4, 0.5) is 0 Å². The number of hydrogen-bond acceptors (Lipinski definition) is 2. The molecule has 0 aromatic rings. The maximum Gasteiger partial charge on any atom is 0.0998 e. The lowest BCUT2D eigenvalue weighted by Gasteiger charge is -2.28. The van der Waals surface area contributed by atoms with Gasteiger partial charge < -0.3 is 10.9 Å². The lowest BCUT2D eigenvalue weighted by atomic mass is 10.1. The molecule has 4 nitrogen and oxygen atoms in total. The summed E-state index contributed by atoms with van der Waals surface area (Å²) in [5.74, 6) is 7.51. The third kappa shape index (κ3) is 2.40. The minimum absolute atomic E-state index is 0.248. The van der Waals surface area contributed by atoms with Crippen LogP contribution in [0.1, 0.15) is 6.42 Å². The molecule has 0 aliphatic heterocycles. The molecule has 0 aromatic carbocycles. The lowest BCUT2D eigenvalue weighted by Crippen LogP contribution is -3.00. The summed E-state index contributed by atoms with van der Waals surface area (Å²) in [6.45, 7) is 3.47. The van der Waals surface area contributed by atoms with Gasteiger partial charge in [-0.1, -0.05) is 12.2 Å². The molecular formula is C9H16N4. The van der Waals surface area contributed by atoms with Crippen LogP contribution in [0.15, 0.2) is 29.0 Å². The van der Waals surface area contributed by atoms with Crippen LogP contribution in [0.3, 0.4) is 0 Å². The van der Waals surface area contributed by atoms with Gasteiger partial charge in [0.1, 0.15) is 0 Å². The monoisotopic (exact) mass is 180 g/mol. The van der Waals surface area contributed by atoms with Crippen molar-refractivity contribution >= 4 is 6.72 Å². The number of rotatable bonds is 3. The maximum absolute atomic E-state index is 7.51. The van der Waals surface area contributed by atoms with Gasteiger partial charge in [0.2, 0.25) is 0 Å². The Labute approximate surface area is 79.0 Å². The third-order valence-corrected chi connectivity index (χ3v) is 2.24. The van der Waals surface area contributed by atoms with Gasteiger partial charge in [-0.15, -0.1) is 0 Å². The van der Waals surface area contributed by atoms with Crippen LogP contribution >= 0.6 is 0 Å². The molecule has 72 valence electrons. The normalized spacial score (nSPS) is 23.6. The highest BCUT2D eigenvalue weighted by atomic mass is 15.4. The predicted octanol–water partition coefficient (Wildman–Crippen LogP) is 0.228. The smallest absolute Gasteiger partial charge is 0.0998 e.